The molecule has 0 nitrogen and oxygen atoms in total. The summed E-state index contributed by atoms with van der Waals surface area (Å²) in [5.41, 5.74) is 0.675. The molecule has 0 aromatic carbocycles. The fraction of sp³-hybridized carbons (Fsp3) is 0.533. The van der Waals surface area contributed by atoms with Gasteiger partial charge in [0, 0.05) is 45.3 Å². The van der Waals surface area contributed by atoms with Gasteiger partial charge in [-0.2, -0.15) is 13.2 Å². The fourth-order valence-corrected chi connectivity index (χ4v) is 3.02. The number of fused-ring (bicyclic) bond motifs is 3. The van der Waals surface area contributed by atoms with Gasteiger partial charge in [-0.05, 0) is 31.6 Å². The molecule has 96 valence electrons. The van der Waals surface area contributed by atoms with Crippen molar-refractivity contribution in [3.8, 4) is 0 Å². The van der Waals surface area contributed by atoms with Crippen molar-refractivity contribution in [2.45, 2.75) is 38.2 Å². The molecule has 18 heavy (non-hydrogen) atoms. The third-order valence-corrected chi connectivity index (χ3v) is 4.02. The molecule has 3 saturated carbocycles. The van der Waals surface area contributed by atoms with Crippen LogP contribution in [0.3, 0.4) is 0 Å². The van der Waals surface area contributed by atoms with Crippen LogP contribution >= 0.6 is 0 Å². The van der Waals surface area contributed by atoms with Gasteiger partial charge in [-0.3, -0.25) is 0 Å². The summed E-state index contributed by atoms with van der Waals surface area (Å²) in [5, 5.41) is 0. The lowest BCUT2D eigenvalue weighted by atomic mass is 9.66. The van der Waals surface area contributed by atoms with Gasteiger partial charge in [0.25, 0.3) is 0 Å². The van der Waals surface area contributed by atoms with Crippen molar-refractivity contribution < 1.29 is 15.9 Å². The van der Waals surface area contributed by atoms with Crippen LogP contribution in [0.1, 0.15) is 34.8 Å². The van der Waals surface area contributed by atoms with Crippen LogP contribution in [0, 0.1) is 18.3 Å². The van der Waals surface area contributed by atoms with Crippen LogP contribution in [-0.4, -0.2) is 6.18 Å². The number of hydrogen-bond acceptors (Lipinski definition) is 0. The maximum Gasteiger partial charge on any atom is 0.453 e. The van der Waals surface area contributed by atoms with Gasteiger partial charge in [0.2, 0.25) is 0 Å². The summed E-state index contributed by atoms with van der Waals surface area (Å²) in [5.74, 6) is 0.205. The van der Waals surface area contributed by atoms with Crippen LogP contribution in [0.4, 0.5) is 13.2 Å². The van der Waals surface area contributed by atoms with Crippen LogP contribution in [0.25, 0.3) is 0 Å². The number of allylic oxidation sites excluding steroid dienone is 6. The first-order chi connectivity index (χ1) is 9.30. The summed E-state index contributed by atoms with van der Waals surface area (Å²) in [7, 11) is 0. The second-order valence-electron chi connectivity index (χ2n) is 5.18. The summed E-state index contributed by atoms with van der Waals surface area (Å²) in [6, 6.07) is 0. The van der Waals surface area contributed by atoms with E-state index in [-0.39, 0.29) is 11.8 Å². The predicted molar refractivity (Wildman–Crippen MR) is 64.7 cm³/mol. The molecule has 0 unspecified atom stereocenters. The Balaban J connectivity index is 1.93. The molecule has 0 aliphatic heterocycles. The second kappa shape index (κ2) is 4.22. The van der Waals surface area contributed by atoms with Crippen LogP contribution in [0.2, 0.25) is 0 Å². The van der Waals surface area contributed by atoms with E-state index in [1.807, 2.05) is 0 Å². The Kier molecular flexibility index (Phi) is 2.29. The summed E-state index contributed by atoms with van der Waals surface area (Å²) < 4.78 is 54.3. The molecule has 4 aliphatic carbocycles. The standard InChI is InChI=1S/C15H16F3/c16-15(17,18)13-7-5-12(6-8-13)14-9-10-1-3-11(14)4-2-10/h5-8,10-11H,1-4,9H2/q+1/i9D2. The van der Waals surface area contributed by atoms with Gasteiger partial charge in [0.05, 0.1) is 5.57 Å². The van der Waals surface area contributed by atoms with E-state index in [2.05, 4.69) is 0 Å². The molecule has 3 heteroatoms. The van der Waals surface area contributed by atoms with Crippen molar-refractivity contribution in [1.29, 1.82) is 0 Å². The molecule has 2 bridgehead atoms. The smallest absolute Gasteiger partial charge is 0.157 e. The first-order valence-corrected chi connectivity index (χ1v) is 6.35. The normalized spacial score (nSPS) is 39.8. The third kappa shape index (κ3) is 2.11. The molecule has 0 aromatic heterocycles. The number of hydrogen-bond donors (Lipinski definition) is 0. The van der Waals surface area contributed by atoms with Crippen molar-refractivity contribution in [2.24, 2.45) is 11.8 Å². The highest BCUT2D eigenvalue weighted by Gasteiger charge is 2.39. The average Bonchev–Trinajstić information content (AvgIpc) is 2.38. The van der Waals surface area contributed by atoms with Gasteiger partial charge in [-0.1, -0.05) is 0 Å². The van der Waals surface area contributed by atoms with Gasteiger partial charge < -0.3 is 0 Å². The molecule has 0 radical (unpaired) electrons. The van der Waals surface area contributed by atoms with E-state index in [0.717, 1.165) is 37.8 Å². The number of alkyl halides is 3. The second-order valence-corrected chi connectivity index (χ2v) is 5.18. The highest BCUT2D eigenvalue weighted by Crippen LogP contribution is 2.47. The van der Waals surface area contributed by atoms with Gasteiger partial charge >= 0.3 is 6.18 Å². The molecule has 0 N–H and O–H groups in total. The highest BCUT2D eigenvalue weighted by atomic mass is 19.4. The molecular formula is C15H16F3+. The number of rotatable bonds is 0. The monoisotopic (exact) mass is 255 g/mol. The molecular weight excluding hydrogens is 237 g/mol. The summed E-state index contributed by atoms with van der Waals surface area (Å²) in [6.07, 6.45) is 2.95. The van der Waals surface area contributed by atoms with Gasteiger partial charge in [-0.25, -0.2) is 0 Å². The summed E-state index contributed by atoms with van der Waals surface area (Å²) in [4.78, 5) is 0. The molecule has 0 aromatic rings. The van der Waals surface area contributed by atoms with Gasteiger partial charge in [0.15, 0.2) is 0 Å². The van der Waals surface area contributed by atoms with E-state index in [1.54, 1.807) is 0 Å². The summed E-state index contributed by atoms with van der Waals surface area (Å²) >= 11 is 0. The highest BCUT2D eigenvalue weighted by molar-refractivity contribution is 5.48. The Labute approximate surface area is 108 Å². The maximum atomic E-state index is 12.6. The minimum atomic E-state index is -4.34. The molecule has 3 fully saturated rings. The van der Waals surface area contributed by atoms with Crippen LogP contribution < -0.4 is 0 Å². The Morgan fingerprint density at radius 1 is 1.17 bits per heavy atom. The van der Waals surface area contributed by atoms with E-state index >= 15 is 0 Å². The molecule has 4 aliphatic rings. The van der Waals surface area contributed by atoms with Crippen LogP contribution in [0.5, 0.6) is 0 Å². The largest absolute Gasteiger partial charge is 0.453 e. The van der Waals surface area contributed by atoms with Crippen molar-refractivity contribution in [2.75, 3.05) is 0 Å². The Bertz CT molecular complexity index is 504. The van der Waals surface area contributed by atoms with Crippen molar-refractivity contribution in [3.63, 3.8) is 0 Å². The van der Waals surface area contributed by atoms with Gasteiger partial charge in [-0.15, -0.1) is 0 Å². The topological polar surface area (TPSA) is 0 Å². The summed E-state index contributed by atoms with van der Waals surface area (Å²) in [6.45, 7) is 0. The zero-order chi connectivity index (χ0) is 14.5. The molecule has 0 amide bonds. The molecule has 0 atom stereocenters. The van der Waals surface area contributed by atoms with Crippen molar-refractivity contribution in [1.82, 2.24) is 0 Å². The van der Waals surface area contributed by atoms with E-state index in [0.29, 0.717) is 11.1 Å². The predicted octanol–water partition coefficient (Wildman–Crippen LogP) is 4.76. The van der Waals surface area contributed by atoms with E-state index in [4.69, 9.17) is 2.74 Å². The average molecular weight is 255 g/mol. The van der Waals surface area contributed by atoms with E-state index in [9.17, 15) is 13.2 Å². The van der Waals surface area contributed by atoms with Crippen LogP contribution in [-0.2, 0) is 0 Å². The number of halogens is 3. The van der Waals surface area contributed by atoms with Crippen LogP contribution in [0.15, 0.2) is 34.9 Å². The van der Waals surface area contributed by atoms with Crippen molar-refractivity contribution >= 4 is 0 Å². The Morgan fingerprint density at radius 2 is 1.89 bits per heavy atom. The fourth-order valence-electron chi connectivity index (χ4n) is 3.02. The molecule has 4 rings (SSSR count). The zero-order valence-corrected chi connectivity index (χ0v) is 9.93. The van der Waals surface area contributed by atoms with E-state index < -0.39 is 18.1 Å². The van der Waals surface area contributed by atoms with Crippen molar-refractivity contribution in [3.05, 3.63) is 41.4 Å². The van der Waals surface area contributed by atoms with Gasteiger partial charge in [0.1, 0.15) is 5.57 Å². The Morgan fingerprint density at radius 3 is 2.39 bits per heavy atom. The molecule has 0 saturated heterocycles. The van der Waals surface area contributed by atoms with E-state index in [1.165, 1.54) is 12.5 Å². The zero-order valence-electron chi connectivity index (χ0n) is 11.9. The minimum Gasteiger partial charge on any atom is -0.157 e. The molecule has 0 heterocycles. The quantitative estimate of drug-likeness (QED) is 0.548. The first-order valence-electron chi connectivity index (χ1n) is 7.35. The lowest BCUT2D eigenvalue weighted by Gasteiger charge is -2.36. The molecule has 0 spiro atoms. The minimum absolute atomic E-state index is 0.0183. The SMILES string of the molecule is [2H]C1([2H])/C(=C2/C=CC(C(F)(F)F)=C[CH+]2)C2CCC1CC2. The Hall–Kier alpha value is -1.12. The third-order valence-electron chi connectivity index (χ3n) is 4.02. The maximum absolute atomic E-state index is 12.6. The lowest BCUT2D eigenvalue weighted by Crippen LogP contribution is -2.26. The lowest BCUT2D eigenvalue weighted by molar-refractivity contribution is -0.0883. The first kappa shape index (κ1) is 9.76.